The molecule has 3 rings (SSSR count). The minimum absolute atomic E-state index is 0.219. The molecule has 6 N–H and O–H groups in total. The summed E-state index contributed by atoms with van der Waals surface area (Å²) < 4.78 is 0. The van der Waals surface area contributed by atoms with E-state index in [0.717, 1.165) is 0 Å². The van der Waals surface area contributed by atoms with Gasteiger partial charge in [-0.05, 0) is 65.7 Å². The average molecular weight is 406 g/mol. The molecule has 152 valence electrons. The number of nitrogens with one attached hydrogen (secondary N) is 2. The van der Waals surface area contributed by atoms with Gasteiger partial charge in [0, 0.05) is 5.56 Å². The first kappa shape index (κ1) is 20.2. The first-order valence-corrected chi connectivity index (χ1v) is 8.69. The van der Waals surface area contributed by atoms with E-state index in [2.05, 4.69) is 21.1 Å². The van der Waals surface area contributed by atoms with Gasteiger partial charge in [0.25, 0.3) is 5.91 Å². The second-order valence-electron chi connectivity index (χ2n) is 6.15. The van der Waals surface area contributed by atoms with Gasteiger partial charge in [-0.2, -0.15) is 10.2 Å². The highest BCUT2D eigenvalue weighted by atomic mass is 16.3. The van der Waals surface area contributed by atoms with Gasteiger partial charge < -0.3 is 20.4 Å². The number of phenols is 4. The van der Waals surface area contributed by atoms with E-state index in [0.29, 0.717) is 22.4 Å². The first-order valence-electron chi connectivity index (χ1n) is 8.69. The van der Waals surface area contributed by atoms with Crippen LogP contribution in [0.15, 0.2) is 70.9 Å². The number of aromatic hydroxyl groups is 4. The molecule has 0 aliphatic heterocycles. The number of benzene rings is 3. The zero-order chi connectivity index (χ0) is 21.5. The number of hydrogen-bond acceptors (Lipinski definition) is 8. The normalized spacial score (nSPS) is 11.1. The van der Waals surface area contributed by atoms with Gasteiger partial charge in [0.2, 0.25) is 0 Å². The van der Waals surface area contributed by atoms with E-state index >= 15 is 0 Å². The van der Waals surface area contributed by atoms with E-state index in [-0.39, 0.29) is 23.0 Å². The lowest BCUT2D eigenvalue weighted by molar-refractivity contribution is 0.0955. The Balaban J connectivity index is 1.60. The molecule has 3 aromatic carbocycles. The van der Waals surface area contributed by atoms with Crippen molar-refractivity contribution in [3.63, 3.8) is 0 Å². The third kappa shape index (κ3) is 5.26. The van der Waals surface area contributed by atoms with Crippen LogP contribution in [0, 0.1) is 0 Å². The SMILES string of the molecule is O=C(N/N=C\c1ccc(O)c(O)c1)c1cccc(N/N=C\c2ccc(O)c(O)c2)c1. The van der Waals surface area contributed by atoms with Gasteiger partial charge in [0.1, 0.15) is 0 Å². The number of rotatable bonds is 6. The fraction of sp³-hybridized carbons (Fsp3) is 0. The highest BCUT2D eigenvalue weighted by Gasteiger charge is 2.05. The number of hydrazone groups is 2. The Kier molecular flexibility index (Phi) is 6.14. The molecule has 0 aliphatic carbocycles. The minimum atomic E-state index is -0.453. The summed E-state index contributed by atoms with van der Waals surface area (Å²) in [7, 11) is 0. The molecule has 0 fully saturated rings. The molecule has 9 heteroatoms. The molecule has 0 aromatic heterocycles. The third-order valence-electron chi connectivity index (χ3n) is 3.91. The Morgan fingerprint density at radius 3 is 1.93 bits per heavy atom. The van der Waals surface area contributed by atoms with Crippen molar-refractivity contribution < 1.29 is 25.2 Å². The molecule has 0 heterocycles. The zero-order valence-corrected chi connectivity index (χ0v) is 15.5. The van der Waals surface area contributed by atoms with E-state index in [1.165, 1.54) is 42.8 Å². The van der Waals surface area contributed by atoms with E-state index in [9.17, 15) is 25.2 Å². The lowest BCUT2D eigenvalue weighted by atomic mass is 10.2. The molecule has 0 atom stereocenters. The number of phenolic OH excluding ortho intramolecular Hbond substituents is 4. The van der Waals surface area contributed by atoms with E-state index < -0.39 is 5.91 Å². The Morgan fingerprint density at radius 1 is 0.733 bits per heavy atom. The number of amides is 1. The Bertz CT molecular complexity index is 1130. The Morgan fingerprint density at radius 2 is 1.33 bits per heavy atom. The number of hydrogen-bond donors (Lipinski definition) is 6. The van der Waals surface area contributed by atoms with Crippen LogP contribution in [0.1, 0.15) is 21.5 Å². The zero-order valence-electron chi connectivity index (χ0n) is 15.5. The third-order valence-corrected chi connectivity index (χ3v) is 3.91. The van der Waals surface area contributed by atoms with Gasteiger partial charge in [-0.15, -0.1) is 0 Å². The maximum atomic E-state index is 12.2. The molecule has 0 spiro atoms. The second-order valence-corrected chi connectivity index (χ2v) is 6.15. The quantitative estimate of drug-likeness (QED) is 0.211. The van der Waals surface area contributed by atoms with Crippen LogP contribution in [0.3, 0.4) is 0 Å². The number of carbonyl (C=O) groups is 1. The Hall–Kier alpha value is -4.53. The van der Waals surface area contributed by atoms with Crippen LogP contribution in [-0.2, 0) is 0 Å². The van der Waals surface area contributed by atoms with Crippen LogP contribution >= 0.6 is 0 Å². The van der Waals surface area contributed by atoms with Crippen molar-refractivity contribution in [3.8, 4) is 23.0 Å². The molecular weight excluding hydrogens is 388 g/mol. The summed E-state index contributed by atoms with van der Waals surface area (Å²) in [5.74, 6) is -1.45. The molecule has 0 aliphatic rings. The summed E-state index contributed by atoms with van der Waals surface area (Å²) in [4.78, 5) is 12.2. The van der Waals surface area contributed by atoms with Crippen LogP contribution in [0.4, 0.5) is 5.69 Å². The summed E-state index contributed by atoms with van der Waals surface area (Å²) in [6, 6.07) is 15.0. The molecule has 3 aromatic rings. The Labute approximate surface area is 171 Å². The largest absolute Gasteiger partial charge is 0.504 e. The molecule has 0 saturated carbocycles. The first-order chi connectivity index (χ1) is 14.4. The lowest BCUT2D eigenvalue weighted by Crippen LogP contribution is -2.17. The van der Waals surface area contributed by atoms with Crippen LogP contribution in [0.5, 0.6) is 23.0 Å². The summed E-state index contributed by atoms with van der Waals surface area (Å²) in [6.45, 7) is 0. The maximum absolute atomic E-state index is 12.2. The van der Waals surface area contributed by atoms with E-state index in [1.807, 2.05) is 0 Å². The molecule has 0 unspecified atom stereocenters. The van der Waals surface area contributed by atoms with Gasteiger partial charge in [-0.25, -0.2) is 5.43 Å². The maximum Gasteiger partial charge on any atom is 0.271 e. The molecule has 0 saturated heterocycles. The fourth-order valence-electron chi connectivity index (χ4n) is 2.38. The summed E-state index contributed by atoms with van der Waals surface area (Å²) in [5, 5.41) is 45.3. The highest BCUT2D eigenvalue weighted by Crippen LogP contribution is 2.24. The molecule has 0 bridgehead atoms. The smallest absolute Gasteiger partial charge is 0.271 e. The molecular formula is C21H18N4O5. The van der Waals surface area contributed by atoms with Crippen LogP contribution in [0.25, 0.3) is 0 Å². The van der Waals surface area contributed by atoms with E-state index in [1.54, 1.807) is 30.3 Å². The van der Waals surface area contributed by atoms with E-state index in [4.69, 9.17) is 0 Å². The topological polar surface area (TPSA) is 147 Å². The average Bonchev–Trinajstić information content (AvgIpc) is 2.73. The number of carbonyl (C=O) groups excluding carboxylic acids is 1. The van der Waals surface area contributed by atoms with Gasteiger partial charge in [-0.1, -0.05) is 6.07 Å². The van der Waals surface area contributed by atoms with Crippen molar-refractivity contribution in [1.82, 2.24) is 5.43 Å². The number of nitrogens with zero attached hydrogens (tertiary/aromatic N) is 2. The van der Waals surface area contributed by atoms with Gasteiger partial charge in [-0.3, -0.25) is 10.2 Å². The summed E-state index contributed by atoms with van der Waals surface area (Å²) >= 11 is 0. The van der Waals surface area contributed by atoms with Crippen LogP contribution < -0.4 is 10.9 Å². The predicted octanol–water partition coefficient (Wildman–Crippen LogP) is 2.72. The predicted molar refractivity (Wildman–Crippen MR) is 112 cm³/mol. The van der Waals surface area contributed by atoms with Gasteiger partial charge in [0.15, 0.2) is 23.0 Å². The standard InChI is InChI=1S/C21H18N4O5/c26-17-6-4-13(8-19(17)28)11-22-24-16-3-1-2-15(10-16)21(30)25-23-12-14-5-7-18(27)20(29)9-14/h1-12,24,26-29H,(H,25,30)/b22-11-,23-12-. The van der Waals surface area contributed by atoms with Crippen LogP contribution in [-0.4, -0.2) is 38.8 Å². The van der Waals surface area contributed by atoms with Gasteiger partial charge in [0.05, 0.1) is 18.1 Å². The highest BCUT2D eigenvalue weighted by molar-refractivity contribution is 5.95. The van der Waals surface area contributed by atoms with Crippen LogP contribution in [0.2, 0.25) is 0 Å². The fourth-order valence-corrected chi connectivity index (χ4v) is 2.38. The van der Waals surface area contributed by atoms with Crippen molar-refractivity contribution in [2.75, 3.05) is 5.43 Å². The lowest BCUT2D eigenvalue weighted by Gasteiger charge is -2.04. The number of anilines is 1. The summed E-state index contributed by atoms with van der Waals surface area (Å²) in [6.07, 6.45) is 2.78. The van der Waals surface area contributed by atoms with Crippen molar-refractivity contribution >= 4 is 24.0 Å². The molecule has 1 amide bonds. The second kappa shape index (κ2) is 9.11. The van der Waals surface area contributed by atoms with Crippen molar-refractivity contribution in [3.05, 3.63) is 77.4 Å². The van der Waals surface area contributed by atoms with Gasteiger partial charge >= 0.3 is 0 Å². The minimum Gasteiger partial charge on any atom is -0.504 e. The monoisotopic (exact) mass is 406 g/mol. The summed E-state index contributed by atoms with van der Waals surface area (Å²) in [5.41, 5.74) is 7.10. The molecule has 30 heavy (non-hydrogen) atoms. The molecule has 9 nitrogen and oxygen atoms in total. The van der Waals surface area contributed by atoms with Crippen molar-refractivity contribution in [2.24, 2.45) is 10.2 Å². The van der Waals surface area contributed by atoms with Crippen molar-refractivity contribution in [1.29, 1.82) is 0 Å². The van der Waals surface area contributed by atoms with Crippen molar-refractivity contribution in [2.45, 2.75) is 0 Å². The molecule has 0 radical (unpaired) electrons.